The monoisotopic (exact) mass is 160 g/mol. The molecular formula is C7H12O2S. The van der Waals surface area contributed by atoms with Crippen molar-refractivity contribution in [2.75, 3.05) is 19.0 Å². The lowest BCUT2D eigenvalue weighted by atomic mass is 10.4. The third-order valence-electron chi connectivity index (χ3n) is 1.48. The lowest BCUT2D eigenvalue weighted by Crippen LogP contribution is -2.31. The van der Waals surface area contributed by atoms with Crippen molar-refractivity contribution in [3.8, 4) is 0 Å². The second-order valence-electron chi connectivity index (χ2n) is 2.36. The Hall–Kier alpha value is -0.0200. The summed E-state index contributed by atoms with van der Waals surface area (Å²) in [5.74, 6) is 1.02. The van der Waals surface area contributed by atoms with Crippen LogP contribution >= 0.6 is 11.8 Å². The van der Waals surface area contributed by atoms with Gasteiger partial charge in [-0.2, -0.15) is 0 Å². The van der Waals surface area contributed by atoms with E-state index >= 15 is 0 Å². The summed E-state index contributed by atoms with van der Waals surface area (Å²) in [6.45, 7) is 3.57. The fraction of sp³-hybridized carbons (Fsp3) is 0.857. The summed E-state index contributed by atoms with van der Waals surface area (Å²) in [5.41, 5.74) is 0. The van der Waals surface area contributed by atoms with Crippen molar-refractivity contribution in [1.29, 1.82) is 0 Å². The predicted octanol–water partition coefficient (Wildman–Crippen LogP) is 1.10. The molecule has 0 spiro atoms. The van der Waals surface area contributed by atoms with Crippen LogP contribution in [0.15, 0.2) is 0 Å². The van der Waals surface area contributed by atoms with E-state index in [1.807, 2.05) is 6.92 Å². The second-order valence-corrected chi connectivity index (χ2v) is 3.65. The number of hydrogen-bond donors (Lipinski definition) is 0. The van der Waals surface area contributed by atoms with E-state index in [0.29, 0.717) is 23.2 Å². The molecule has 0 aromatic rings. The van der Waals surface area contributed by atoms with Gasteiger partial charge in [-0.3, -0.25) is 4.79 Å². The van der Waals surface area contributed by atoms with Gasteiger partial charge in [0.15, 0.2) is 0 Å². The molecule has 1 aliphatic heterocycles. The Kier molecular flexibility index (Phi) is 3.22. The highest BCUT2D eigenvalue weighted by Gasteiger charge is 2.18. The molecule has 0 bridgehead atoms. The summed E-state index contributed by atoms with van der Waals surface area (Å²) in [7, 11) is 0. The molecule has 0 unspecified atom stereocenters. The van der Waals surface area contributed by atoms with Crippen molar-refractivity contribution in [2.45, 2.75) is 18.6 Å². The van der Waals surface area contributed by atoms with Crippen LogP contribution in [0, 0.1) is 0 Å². The first-order valence-electron chi connectivity index (χ1n) is 3.54. The Morgan fingerprint density at radius 2 is 2.40 bits per heavy atom. The Bertz CT molecular complexity index is 121. The van der Waals surface area contributed by atoms with Crippen LogP contribution in [0.5, 0.6) is 0 Å². The second kappa shape index (κ2) is 3.98. The topological polar surface area (TPSA) is 26.3 Å². The van der Waals surface area contributed by atoms with Gasteiger partial charge in [0.05, 0.1) is 24.2 Å². The van der Waals surface area contributed by atoms with E-state index in [1.165, 1.54) is 0 Å². The first-order chi connectivity index (χ1) is 4.83. The van der Waals surface area contributed by atoms with Gasteiger partial charge >= 0.3 is 0 Å². The minimum absolute atomic E-state index is 0.344. The number of thioether (sulfide) groups is 1. The Morgan fingerprint density at radius 3 is 2.80 bits per heavy atom. The number of hydrogen-bond acceptors (Lipinski definition) is 3. The largest absolute Gasteiger partial charge is 0.379 e. The van der Waals surface area contributed by atoms with Crippen LogP contribution in [-0.2, 0) is 9.53 Å². The summed E-state index contributed by atoms with van der Waals surface area (Å²) >= 11 is 1.72. The van der Waals surface area contributed by atoms with Crippen molar-refractivity contribution in [2.24, 2.45) is 0 Å². The summed E-state index contributed by atoms with van der Waals surface area (Å²) < 4.78 is 4.97. The molecule has 0 N–H and O–H groups in total. The quantitative estimate of drug-likeness (QED) is 0.616. The van der Waals surface area contributed by atoms with Gasteiger partial charge in [-0.1, -0.05) is 6.92 Å². The molecule has 0 aromatic carbocycles. The molecule has 0 atom stereocenters. The summed E-state index contributed by atoms with van der Waals surface area (Å²) in [6, 6.07) is 0. The molecule has 0 amide bonds. The zero-order valence-corrected chi connectivity index (χ0v) is 6.95. The van der Waals surface area contributed by atoms with Gasteiger partial charge in [0.1, 0.15) is 5.78 Å². The molecule has 0 aliphatic carbocycles. The lowest BCUT2D eigenvalue weighted by Gasteiger charge is -2.24. The number of carbonyl (C=O) groups is 1. The van der Waals surface area contributed by atoms with Gasteiger partial charge in [0.2, 0.25) is 0 Å². The van der Waals surface area contributed by atoms with Gasteiger partial charge in [-0.15, -0.1) is 11.8 Å². The molecule has 3 heteroatoms. The maximum atomic E-state index is 10.8. The van der Waals surface area contributed by atoms with Gasteiger partial charge in [-0.25, -0.2) is 0 Å². The van der Waals surface area contributed by atoms with Gasteiger partial charge in [-0.05, 0) is 0 Å². The summed E-state index contributed by atoms with van der Waals surface area (Å²) in [5, 5.41) is 0.593. The number of carbonyl (C=O) groups excluding carboxylic acids is 1. The predicted molar refractivity (Wildman–Crippen MR) is 42.4 cm³/mol. The van der Waals surface area contributed by atoms with Crippen molar-refractivity contribution in [3.63, 3.8) is 0 Å². The molecule has 10 heavy (non-hydrogen) atoms. The molecule has 1 fully saturated rings. The number of ketones is 1. The summed E-state index contributed by atoms with van der Waals surface area (Å²) in [4.78, 5) is 10.8. The van der Waals surface area contributed by atoms with E-state index in [9.17, 15) is 4.79 Å². The van der Waals surface area contributed by atoms with Gasteiger partial charge < -0.3 is 4.74 Å². The molecule has 0 saturated carbocycles. The van der Waals surface area contributed by atoms with Crippen molar-refractivity contribution >= 4 is 17.5 Å². The fourth-order valence-corrected chi connectivity index (χ4v) is 1.63. The number of rotatable bonds is 4. The van der Waals surface area contributed by atoms with Crippen molar-refractivity contribution < 1.29 is 9.53 Å². The third-order valence-corrected chi connectivity index (χ3v) is 2.71. The highest BCUT2D eigenvalue weighted by atomic mass is 32.2. The fourth-order valence-electron chi connectivity index (χ4n) is 0.623. The highest BCUT2D eigenvalue weighted by Crippen LogP contribution is 2.18. The number of ether oxygens (including phenoxy) is 1. The Morgan fingerprint density at radius 1 is 1.70 bits per heavy atom. The molecule has 1 heterocycles. The molecule has 1 saturated heterocycles. The zero-order valence-electron chi connectivity index (χ0n) is 6.13. The minimum Gasteiger partial charge on any atom is -0.379 e. The molecule has 0 aromatic heterocycles. The van der Waals surface area contributed by atoms with Crippen LogP contribution in [0.3, 0.4) is 0 Å². The summed E-state index contributed by atoms with van der Waals surface area (Å²) in [6.07, 6.45) is 0.667. The maximum absolute atomic E-state index is 10.8. The molecule has 1 rings (SSSR count). The van der Waals surface area contributed by atoms with Crippen LogP contribution in [0.2, 0.25) is 0 Å². The number of Topliss-reactive ketones (excluding diaryl/α,β-unsaturated/α-hetero) is 1. The van der Waals surface area contributed by atoms with E-state index in [-0.39, 0.29) is 0 Å². The Balaban J connectivity index is 1.98. The maximum Gasteiger partial charge on any atom is 0.142 e. The van der Waals surface area contributed by atoms with Crippen LogP contribution in [0.4, 0.5) is 0 Å². The van der Waals surface area contributed by atoms with Gasteiger partial charge in [0.25, 0.3) is 0 Å². The molecule has 58 valence electrons. The average molecular weight is 160 g/mol. The molecular weight excluding hydrogens is 148 g/mol. The van der Waals surface area contributed by atoms with Crippen LogP contribution in [-0.4, -0.2) is 30.0 Å². The van der Waals surface area contributed by atoms with Crippen LogP contribution < -0.4 is 0 Å². The SMILES string of the molecule is CCC(=O)CSC1COC1. The van der Waals surface area contributed by atoms with Crippen LogP contribution in [0.25, 0.3) is 0 Å². The standard InChI is InChI=1S/C7H12O2S/c1-2-6(8)5-10-7-3-9-4-7/h7H,2-5H2,1H3. The minimum atomic E-state index is 0.344. The third kappa shape index (κ3) is 2.31. The molecule has 0 radical (unpaired) electrons. The van der Waals surface area contributed by atoms with Crippen LogP contribution in [0.1, 0.15) is 13.3 Å². The zero-order chi connectivity index (χ0) is 7.40. The first-order valence-corrected chi connectivity index (χ1v) is 4.59. The van der Waals surface area contributed by atoms with Crippen molar-refractivity contribution in [1.82, 2.24) is 0 Å². The van der Waals surface area contributed by atoms with E-state index in [0.717, 1.165) is 13.2 Å². The first kappa shape index (κ1) is 8.08. The molecule has 1 aliphatic rings. The van der Waals surface area contributed by atoms with E-state index in [4.69, 9.17) is 4.74 Å². The van der Waals surface area contributed by atoms with E-state index in [2.05, 4.69) is 0 Å². The average Bonchev–Trinajstić information content (AvgIpc) is 1.84. The van der Waals surface area contributed by atoms with E-state index < -0.39 is 0 Å². The van der Waals surface area contributed by atoms with Crippen molar-refractivity contribution in [3.05, 3.63) is 0 Å². The smallest absolute Gasteiger partial charge is 0.142 e. The Labute approximate surface area is 65.3 Å². The highest BCUT2D eigenvalue weighted by molar-refractivity contribution is 8.00. The normalized spacial score (nSPS) is 18.5. The van der Waals surface area contributed by atoms with Gasteiger partial charge in [0, 0.05) is 6.42 Å². The molecule has 2 nitrogen and oxygen atoms in total. The lowest BCUT2D eigenvalue weighted by molar-refractivity contribution is -0.116. The van der Waals surface area contributed by atoms with E-state index in [1.54, 1.807) is 11.8 Å².